The fraction of sp³-hybridized carbons (Fsp3) is 0.636. The molecule has 0 saturated heterocycles. The van der Waals surface area contributed by atoms with Crippen molar-refractivity contribution < 1.29 is 0 Å². The fourth-order valence-corrected chi connectivity index (χ4v) is 1.44. The fourth-order valence-electron chi connectivity index (χ4n) is 1.44. The zero-order chi connectivity index (χ0) is 11.8. The highest BCUT2D eigenvalue weighted by atomic mass is 15.2. The molecule has 16 heavy (non-hydrogen) atoms. The second-order valence-electron chi connectivity index (χ2n) is 3.67. The van der Waals surface area contributed by atoms with Crippen LogP contribution in [0.15, 0.2) is 12.4 Å². The number of aromatic nitrogens is 2. The molecule has 1 heterocycles. The van der Waals surface area contributed by atoms with E-state index in [1.807, 2.05) is 20.2 Å². The Kier molecular flexibility index (Phi) is 5.56. The molecule has 5 nitrogen and oxygen atoms in total. The van der Waals surface area contributed by atoms with Gasteiger partial charge in [-0.15, -0.1) is 0 Å². The lowest BCUT2D eigenvalue weighted by Gasteiger charge is -2.18. The van der Waals surface area contributed by atoms with E-state index in [1.54, 1.807) is 6.33 Å². The molecule has 0 spiro atoms. The highest BCUT2D eigenvalue weighted by Crippen LogP contribution is 2.12. The van der Waals surface area contributed by atoms with Crippen molar-refractivity contribution in [1.82, 2.24) is 15.3 Å². The van der Waals surface area contributed by atoms with E-state index >= 15 is 0 Å². The molecule has 0 unspecified atom stereocenters. The molecule has 0 aliphatic heterocycles. The predicted molar refractivity (Wildman–Crippen MR) is 68.0 cm³/mol. The summed E-state index contributed by atoms with van der Waals surface area (Å²) >= 11 is 0. The van der Waals surface area contributed by atoms with E-state index in [1.165, 1.54) is 0 Å². The van der Waals surface area contributed by atoms with Gasteiger partial charge in [-0.25, -0.2) is 9.97 Å². The Labute approximate surface area is 97.3 Å². The summed E-state index contributed by atoms with van der Waals surface area (Å²) in [5, 5.41) is 6.31. The first-order chi connectivity index (χ1) is 7.77. The lowest BCUT2D eigenvalue weighted by Crippen LogP contribution is -2.23. The van der Waals surface area contributed by atoms with Crippen molar-refractivity contribution in [3.8, 4) is 0 Å². The summed E-state index contributed by atoms with van der Waals surface area (Å²) in [7, 11) is 4.02. The second kappa shape index (κ2) is 7.00. The molecule has 1 aromatic rings. The van der Waals surface area contributed by atoms with Crippen LogP contribution in [0.1, 0.15) is 13.3 Å². The number of rotatable bonds is 7. The Hall–Kier alpha value is -1.36. The highest BCUT2D eigenvalue weighted by Gasteiger charge is 2.03. The Morgan fingerprint density at radius 2 is 2.19 bits per heavy atom. The maximum atomic E-state index is 4.25. The second-order valence-corrected chi connectivity index (χ2v) is 3.67. The summed E-state index contributed by atoms with van der Waals surface area (Å²) in [6.07, 6.45) is 2.70. The summed E-state index contributed by atoms with van der Waals surface area (Å²) in [5.74, 6) is 1.84. The van der Waals surface area contributed by atoms with Crippen molar-refractivity contribution >= 4 is 11.6 Å². The minimum Gasteiger partial charge on any atom is -0.370 e. The van der Waals surface area contributed by atoms with Crippen molar-refractivity contribution in [1.29, 1.82) is 0 Å². The molecule has 2 N–H and O–H groups in total. The molecule has 0 radical (unpaired) electrons. The van der Waals surface area contributed by atoms with Crippen LogP contribution in [0.4, 0.5) is 11.6 Å². The molecule has 0 fully saturated rings. The van der Waals surface area contributed by atoms with Crippen LogP contribution in [0.5, 0.6) is 0 Å². The van der Waals surface area contributed by atoms with Crippen molar-refractivity contribution in [2.24, 2.45) is 0 Å². The molecular formula is C11H21N5. The van der Waals surface area contributed by atoms with Crippen LogP contribution < -0.4 is 15.5 Å². The topological polar surface area (TPSA) is 53.1 Å². The third-order valence-corrected chi connectivity index (χ3v) is 2.32. The lowest BCUT2D eigenvalue weighted by atomic mass is 10.4. The van der Waals surface area contributed by atoms with Crippen molar-refractivity contribution in [3.63, 3.8) is 0 Å². The molecule has 0 bridgehead atoms. The molecule has 0 aliphatic rings. The van der Waals surface area contributed by atoms with Crippen molar-refractivity contribution in [3.05, 3.63) is 12.4 Å². The van der Waals surface area contributed by atoms with Gasteiger partial charge >= 0.3 is 0 Å². The van der Waals surface area contributed by atoms with Gasteiger partial charge in [-0.1, -0.05) is 0 Å². The van der Waals surface area contributed by atoms with Gasteiger partial charge in [0.25, 0.3) is 0 Å². The molecule has 1 aromatic heterocycles. The Bertz CT molecular complexity index is 302. The smallest absolute Gasteiger partial charge is 0.133 e. The van der Waals surface area contributed by atoms with Crippen LogP contribution in [0.2, 0.25) is 0 Å². The Morgan fingerprint density at radius 1 is 1.38 bits per heavy atom. The Morgan fingerprint density at radius 3 is 2.88 bits per heavy atom. The van der Waals surface area contributed by atoms with Gasteiger partial charge in [0.1, 0.15) is 18.0 Å². The minimum absolute atomic E-state index is 0.875. The van der Waals surface area contributed by atoms with Gasteiger partial charge in [0.15, 0.2) is 0 Å². The van der Waals surface area contributed by atoms with E-state index in [4.69, 9.17) is 0 Å². The summed E-state index contributed by atoms with van der Waals surface area (Å²) in [6.45, 7) is 4.94. The lowest BCUT2D eigenvalue weighted by molar-refractivity contribution is 0.708. The first kappa shape index (κ1) is 12.7. The third-order valence-electron chi connectivity index (χ3n) is 2.32. The average molecular weight is 223 g/mol. The van der Waals surface area contributed by atoms with Crippen molar-refractivity contribution in [2.45, 2.75) is 13.3 Å². The van der Waals surface area contributed by atoms with Crippen molar-refractivity contribution in [2.75, 3.05) is 43.9 Å². The minimum atomic E-state index is 0.875. The zero-order valence-electron chi connectivity index (χ0n) is 10.3. The van der Waals surface area contributed by atoms with Gasteiger partial charge in [0, 0.05) is 26.2 Å². The van der Waals surface area contributed by atoms with Gasteiger partial charge < -0.3 is 15.5 Å². The van der Waals surface area contributed by atoms with Crippen LogP contribution in [-0.4, -0.2) is 43.7 Å². The number of nitrogens with one attached hydrogen (secondary N) is 2. The van der Waals surface area contributed by atoms with E-state index in [9.17, 15) is 0 Å². The van der Waals surface area contributed by atoms with E-state index in [0.29, 0.717) is 0 Å². The summed E-state index contributed by atoms with van der Waals surface area (Å²) in [6, 6.07) is 1.98. The molecule has 0 aromatic carbocycles. The quantitative estimate of drug-likeness (QED) is 0.674. The van der Waals surface area contributed by atoms with Crippen LogP contribution in [0, 0.1) is 0 Å². The van der Waals surface area contributed by atoms with E-state index in [0.717, 1.165) is 37.7 Å². The monoisotopic (exact) mass is 223 g/mol. The zero-order valence-corrected chi connectivity index (χ0v) is 10.3. The van der Waals surface area contributed by atoms with Crippen LogP contribution in [-0.2, 0) is 0 Å². The maximum Gasteiger partial charge on any atom is 0.133 e. The van der Waals surface area contributed by atoms with Crippen LogP contribution in [0.25, 0.3) is 0 Å². The average Bonchev–Trinajstić information content (AvgIpc) is 2.30. The van der Waals surface area contributed by atoms with Gasteiger partial charge in [0.05, 0.1) is 0 Å². The summed E-state index contributed by atoms with van der Waals surface area (Å²) < 4.78 is 0. The standard InChI is InChI=1S/C11H21N5/c1-4-13-10-8-11(15-9-14-10)16(3)7-5-6-12-2/h8-9,12H,4-7H2,1-3H3,(H,13,14,15). The molecule has 0 amide bonds. The number of anilines is 2. The summed E-state index contributed by atoms with van der Waals surface area (Å²) in [5.41, 5.74) is 0. The van der Waals surface area contributed by atoms with E-state index in [-0.39, 0.29) is 0 Å². The third kappa shape index (κ3) is 4.02. The molecular weight excluding hydrogens is 202 g/mol. The predicted octanol–water partition coefficient (Wildman–Crippen LogP) is 0.954. The first-order valence-corrected chi connectivity index (χ1v) is 5.69. The molecule has 90 valence electrons. The Balaban J connectivity index is 2.53. The van der Waals surface area contributed by atoms with Gasteiger partial charge in [0.2, 0.25) is 0 Å². The first-order valence-electron chi connectivity index (χ1n) is 5.69. The molecule has 0 aliphatic carbocycles. The highest BCUT2D eigenvalue weighted by molar-refractivity contribution is 5.47. The van der Waals surface area contributed by atoms with Crippen LogP contribution >= 0.6 is 0 Å². The summed E-state index contributed by atoms with van der Waals surface area (Å²) in [4.78, 5) is 10.5. The van der Waals surface area contributed by atoms with E-state index < -0.39 is 0 Å². The van der Waals surface area contributed by atoms with Gasteiger partial charge in [-0.2, -0.15) is 0 Å². The molecule has 5 heteroatoms. The number of hydrogen-bond donors (Lipinski definition) is 2. The SMILES string of the molecule is CCNc1cc(N(C)CCCNC)ncn1. The maximum absolute atomic E-state index is 4.25. The molecule has 0 saturated carbocycles. The van der Waals surface area contributed by atoms with Gasteiger partial charge in [-0.05, 0) is 26.9 Å². The largest absolute Gasteiger partial charge is 0.370 e. The molecule has 0 atom stereocenters. The number of hydrogen-bond acceptors (Lipinski definition) is 5. The van der Waals surface area contributed by atoms with Crippen LogP contribution in [0.3, 0.4) is 0 Å². The van der Waals surface area contributed by atoms with Gasteiger partial charge in [-0.3, -0.25) is 0 Å². The number of nitrogens with zero attached hydrogens (tertiary/aromatic N) is 3. The normalized spacial score (nSPS) is 10.2. The van der Waals surface area contributed by atoms with E-state index in [2.05, 4.69) is 32.4 Å². The molecule has 1 rings (SSSR count).